The summed E-state index contributed by atoms with van der Waals surface area (Å²) in [4.78, 5) is 11.2. The Morgan fingerprint density at radius 3 is 2.31 bits per heavy atom. The predicted octanol–water partition coefficient (Wildman–Crippen LogP) is 3.28. The van der Waals surface area contributed by atoms with Gasteiger partial charge in [-0.25, -0.2) is 0 Å². The molecule has 4 bridgehead atoms. The van der Waals surface area contributed by atoms with Crippen LogP contribution in [-0.4, -0.2) is 16.5 Å². The highest BCUT2D eigenvalue weighted by Gasteiger charge is 2.59. The molecular weight excluding hydrogens is 224 g/mol. The second-order valence-electron chi connectivity index (χ2n) is 6.83. The fraction of sp³-hybridized carbons (Fsp3) is 0.923. The van der Waals surface area contributed by atoms with Gasteiger partial charge in [0.15, 0.2) is 0 Å². The van der Waals surface area contributed by atoms with Gasteiger partial charge in [0.25, 0.3) is 0 Å². The summed E-state index contributed by atoms with van der Waals surface area (Å²) in [6.07, 6.45) is 7.07. The molecule has 0 aromatic rings. The quantitative estimate of drug-likeness (QED) is 0.755. The van der Waals surface area contributed by atoms with Crippen molar-refractivity contribution < 1.29 is 9.90 Å². The lowest BCUT2D eigenvalue weighted by Crippen LogP contribution is -2.55. The number of hydrogen-bond donors (Lipinski definition) is 1. The van der Waals surface area contributed by atoms with Crippen molar-refractivity contribution in [1.82, 2.24) is 0 Å². The van der Waals surface area contributed by atoms with Crippen molar-refractivity contribution >= 4 is 17.6 Å². The molecule has 4 rings (SSSR count). The van der Waals surface area contributed by atoms with E-state index in [1.807, 2.05) is 0 Å². The highest BCUT2D eigenvalue weighted by molar-refractivity contribution is 6.30. The molecule has 16 heavy (non-hydrogen) atoms. The van der Waals surface area contributed by atoms with Gasteiger partial charge in [-0.1, -0.05) is 6.92 Å². The summed E-state index contributed by atoms with van der Waals surface area (Å²) in [5, 5.41) is 8.53. The topological polar surface area (TPSA) is 37.3 Å². The van der Waals surface area contributed by atoms with Crippen molar-refractivity contribution in [3.05, 3.63) is 0 Å². The molecule has 5 atom stereocenters. The lowest BCUT2D eigenvalue weighted by molar-refractivity contribution is -0.149. The zero-order chi connectivity index (χ0) is 11.6. The average Bonchev–Trinajstić information content (AvgIpc) is 2.12. The minimum absolute atomic E-state index is 0.0910. The average molecular weight is 243 g/mol. The molecule has 2 nitrogen and oxygen atoms in total. The first-order valence-electron chi connectivity index (χ1n) is 6.29. The number of carboxylic acid groups (broad SMARTS) is 1. The molecule has 0 aliphatic heterocycles. The molecule has 3 unspecified atom stereocenters. The van der Waals surface area contributed by atoms with Crippen molar-refractivity contribution in [3.63, 3.8) is 0 Å². The van der Waals surface area contributed by atoms with E-state index in [2.05, 4.69) is 6.92 Å². The van der Waals surface area contributed by atoms with Gasteiger partial charge in [-0.15, -0.1) is 11.6 Å². The van der Waals surface area contributed by atoms with E-state index in [9.17, 15) is 9.90 Å². The molecule has 90 valence electrons. The minimum atomic E-state index is -0.813. The van der Waals surface area contributed by atoms with Crippen molar-refractivity contribution in [3.8, 4) is 0 Å². The van der Waals surface area contributed by atoms with Crippen molar-refractivity contribution in [2.75, 3.05) is 0 Å². The zero-order valence-electron chi connectivity index (χ0n) is 9.71. The van der Waals surface area contributed by atoms with Crippen molar-refractivity contribution in [1.29, 1.82) is 0 Å². The third-order valence-corrected chi connectivity index (χ3v) is 5.80. The molecule has 3 heteroatoms. The molecule has 0 radical (unpaired) electrons. The van der Waals surface area contributed by atoms with E-state index in [1.165, 1.54) is 19.3 Å². The molecule has 0 heterocycles. The summed E-state index contributed by atoms with van der Waals surface area (Å²) in [7, 11) is 0. The maximum atomic E-state index is 11.2. The molecule has 4 aliphatic rings. The van der Waals surface area contributed by atoms with E-state index < -0.39 is 11.3 Å². The van der Waals surface area contributed by atoms with Crippen LogP contribution in [0.5, 0.6) is 0 Å². The first-order valence-corrected chi connectivity index (χ1v) is 6.73. The number of aliphatic carboxylic acids is 1. The highest BCUT2D eigenvalue weighted by atomic mass is 35.5. The Labute approximate surface area is 101 Å². The van der Waals surface area contributed by atoms with Crippen LogP contribution in [0.2, 0.25) is 0 Å². The van der Waals surface area contributed by atoms with Gasteiger partial charge < -0.3 is 5.11 Å². The number of alkyl halides is 1. The SMILES string of the molecule is CC12C[C@H]3C[C@@H](C1)CC(C(Cl)C(=O)O)(C3)C2. The van der Waals surface area contributed by atoms with E-state index in [1.54, 1.807) is 0 Å². The van der Waals surface area contributed by atoms with Crippen molar-refractivity contribution in [2.24, 2.45) is 22.7 Å². The summed E-state index contributed by atoms with van der Waals surface area (Å²) >= 11 is 6.20. The van der Waals surface area contributed by atoms with Crippen LogP contribution in [0.4, 0.5) is 0 Å². The van der Waals surface area contributed by atoms with E-state index in [-0.39, 0.29) is 5.41 Å². The summed E-state index contributed by atoms with van der Waals surface area (Å²) in [5.74, 6) is 0.672. The fourth-order valence-corrected chi connectivity index (χ4v) is 5.61. The fourth-order valence-electron chi connectivity index (χ4n) is 5.36. The molecule has 0 saturated heterocycles. The van der Waals surface area contributed by atoms with E-state index in [0.717, 1.165) is 31.1 Å². The Balaban J connectivity index is 1.94. The molecule has 0 aromatic carbocycles. The Hall–Kier alpha value is -0.240. The standard InChI is InChI=1S/C13H19ClO2/c1-12-3-8-2-9(4-12)6-13(5-8,7-12)10(14)11(15)16/h8-10H,2-7H2,1H3,(H,15,16)/t8-,9+,10?,12?,13?. The molecule has 4 aliphatic carbocycles. The monoisotopic (exact) mass is 242 g/mol. The largest absolute Gasteiger partial charge is 0.480 e. The van der Waals surface area contributed by atoms with Gasteiger partial charge >= 0.3 is 5.97 Å². The Bertz CT molecular complexity index is 325. The highest BCUT2D eigenvalue weighted by Crippen LogP contribution is 2.66. The molecule has 4 fully saturated rings. The van der Waals surface area contributed by atoms with Gasteiger partial charge in [-0.05, 0) is 61.2 Å². The van der Waals surface area contributed by atoms with Gasteiger partial charge in [-0.2, -0.15) is 0 Å². The van der Waals surface area contributed by atoms with Crippen LogP contribution in [0.25, 0.3) is 0 Å². The minimum Gasteiger partial charge on any atom is -0.480 e. The van der Waals surface area contributed by atoms with Crippen LogP contribution < -0.4 is 0 Å². The maximum absolute atomic E-state index is 11.2. The summed E-state index contributed by atoms with van der Waals surface area (Å²) in [5.41, 5.74) is 0.291. The molecule has 4 saturated carbocycles. The van der Waals surface area contributed by atoms with E-state index in [4.69, 9.17) is 11.6 Å². The third kappa shape index (κ3) is 1.42. The maximum Gasteiger partial charge on any atom is 0.322 e. The lowest BCUT2D eigenvalue weighted by atomic mass is 9.44. The summed E-state index contributed by atoms with van der Waals surface area (Å²) < 4.78 is 0. The zero-order valence-corrected chi connectivity index (χ0v) is 10.5. The molecule has 0 amide bonds. The summed E-state index contributed by atoms with van der Waals surface area (Å²) in [6.45, 7) is 2.34. The predicted molar refractivity (Wildman–Crippen MR) is 62.5 cm³/mol. The summed E-state index contributed by atoms with van der Waals surface area (Å²) in [6, 6.07) is 0. The van der Waals surface area contributed by atoms with Gasteiger partial charge in [-0.3, -0.25) is 4.79 Å². The van der Waals surface area contributed by atoms with E-state index in [0.29, 0.717) is 5.41 Å². The Morgan fingerprint density at radius 2 is 1.88 bits per heavy atom. The normalized spacial score (nSPS) is 51.6. The van der Waals surface area contributed by atoms with Crippen LogP contribution >= 0.6 is 11.6 Å². The first-order chi connectivity index (χ1) is 7.42. The second-order valence-corrected chi connectivity index (χ2v) is 7.27. The third-order valence-electron chi connectivity index (χ3n) is 5.15. The smallest absolute Gasteiger partial charge is 0.322 e. The number of carbonyl (C=O) groups is 1. The Kier molecular flexibility index (Phi) is 2.15. The molecular formula is C13H19ClO2. The van der Waals surface area contributed by atoms with Crippen LogP contribution in [0.1, 0.15) is 45.4 Å². The van der Waals surface area contributed by atoms with Crippen LogP contribution in [0.15, 0.2) is 0 Å². The first kappa shape index (κ1) is 10.9. The number of halogens is 1. The Morgan fingerprint density at radius 1 is 1.31 bits per heavy atom. The van der Waals surface area contributed by atoms with Gasteiger partial charge in [0.1, 0.15) is 5.38 Å². The van der Waals surface area contributed by atoms with Crippen LogP contribution in [0, 0.1) is 22.7 Å². The van der Waals surface area contributed by atoms with Crippen molar-refractivity contribution in [2.45, 2.75) is 50.8 Å². The number of hydrogen-bond acceptors (Lipinski definition) is 1. The van der Waals surface area contributed by atoms with Gasteiger partial charge in [0.05, 0.1) is 0 Å². The second kappa shape index (κ2) is 3.16. The number of rotatable bonds is 2. The molecule has 0 aromatic heterocycles. The van der Waals surface area contributed by atoms with Crippen LogP contribution in [-0.2, 0) is 4.79 Å². The van der Waals surface area contributed by atoms with Gasteiger partial charge in [0, 0.05) is 0 Å². The van der Waals surface area contributed by atoms with E-state index >= 15 is 0 Å². The number of carboxylic acids is 1. The molecule has 0 spiro atoms. The molecule has 1 N–H and O–H groups in total. The lowest BCUT2D eigenvalue weighted by Gasteiger charge is -2.62. The van der Waals surface area contributed by atoms with Crippen LogP contribution in [0.3, 0.4) is 0 Å². The van der Waals surface area contributed by atoms with Gasteiger partial charge in [0.2, 0.25) is 0 Å².